The second-order valence-corrected chi connectivity index (χ2v) is 6.15. The number of hydrogen-bond acceptors (Lipinski definition) is 4. The average Bonchev–Trinajstić information content (AvgIpc) is 2.44. The fourth-order valence-corrected chi connectivity index (χ4v) is 2.58. The molecule has 0 saturated heterocycles. The fourth-order valence-electron chi connectivity index (χ4n) is 1.57. The molecule has 0 aliphatic heterocycles. The zero-order valence-electron chi connectivity index (χ0n) is 11.4. The summed E-state index contributed by atoms with van der Waals surface area (Å²) in [4.78, 5) is 11.6. The van der Waals surface area contributed by atoms with E-state index in [9.17, 15) is 18.3 Å². The molecule has 0 radical (unpaired) electrons. The lowest BCUT2D eigenvalue weighted by molar-refractivity contribution is -0.120. The summed E-state index contributed by atoms with van der Waals surface area (Å²) in [6.07, 6.45) is 0.808. The number of carbonyl (C=O) groups excluding carboxylic acids is 1. The lowest BCUT2D eigenvalue weighted by Crippen LogP contribution is -2.40. The molecule has 1 aromatic carbocycles. The van der Waals surface area contributed by atoms with Crippen LogP contribution in [-0.4, -0.2) is 38.6 Å². The summed E-state index contributed by atoms with van der Waals surface area (Å²) in [6, 6.07) is 7.82. The van der Waals surface area contributed by atoms with Crippen LogP contribution in [0.2, 0.25) is 0 Å². The van der Waals surface area contributed by atoms with Gasteiger partial charge in [0.15, 0.2) is 0 Å². The molecule has 1 rings (SSSR count). The molecule has 0 aliphatic rings. The van der Waals surface area contributed by atoms with Gasteiger partial charge in [-0.25, -0.2) is 13.1 Å². The Balaban J connectivity index is 2.41. The molecule has 20 heavy (non-hydrogen) atoms. The molecule has 7 heteroatoms. The van der Waals surface area contributed by atoms with Crippen molar-refractivity contribution in [2.45, 2.75) is 30.8 Å². The van der Waals surface area contributed by atoms with Crippen molar-refractivity contribution in [2.75, 3.05) is 13.1 Å². The largest absolute Gasteiger partial charge is 0.391 e. The second-order valence-electron chi connectivity index (χ2n) is 4.38. The fraction of sp³-hybridized carbons (Fsp3) is 0.462. The first-order valence-electron chi connectivity index (χ1n) is 6.45. The Morgan fingerprint density at radius 2 is 1.95 bits per heavy atom. The van der Waals surface area contributed by atoms with Crippen LogP contribution in [0.5, 0.6) is 0 Å². The molecule has 0 aromatic heterocycles. The zero-order chi connectivity index (χ0) is 15.0. The molecule has 0 spiro atoms. The van der Waals surface area contributed by atoms with Crippen molar-refractivity contribution in [2.24, 2.45) is 0 Å². The van der Waals surface area contributed by atoms with Gasteiger partial charge in [-0.15, -0.1) is 0 Å². The number of benzene rings is 1. The summed E-state index contributed by atoms with van der Waals surface area (Å²) in [6.45, 7) is 1.70. The maximum absolute atomic E-state index is 11.8. The highest BCUT2D eigenvalue weighted by molar-refractivity contribution is 7.89. The zero-order valence-corrected chi connectivity index (χ0v) is 12.2. The number of sulfonamides is 1. The van der Waals surface area contributed by atoms with Gasteiger partial charge < -0.3 is 10.4 Å². The van der Waals surface area contributed by atoms with Crippen LogP contribution >= 0.6 is 0 Å². The Bertz CT molecular complexity index is 516. The Morgan fingerprint density at radius 1 is 1.30 bits per heavy atom. The number of rotatable bonds is 8. The van der Waals surface area contributed by atoms with E-state index in [0.717, 1.165) is 6.42 Å². The molecule has 1 aromatic rings. The lowest BCUT2D eigenvalue weighted by atomic mass is 10.2. The van der Waals surface area contributed by atoms with Crippen LogP contribution in [0.15, 0.2) is 35.2 Å². The third kappa shape index (κ3) is 5.68. The van der Waals surface area contributed by atoms with Gasteiger partial charge in [-0.2, -0.15) is 0 Å². The quantitative estimate of drug-likeness (QED) is 0.641. The summed E-state index contributed by atoms with van der Waals surface area (Å²) in [7, 11) is -3.68. The van der Waals surface area contributed by atoms with Gasteiger partial charge in [0.2, 0.25) is 15.9 Å². The molecule has 0 heterocycles. The highest BCUT2D eigenvalue weighted by Gasteiger charge is 2.15. The summed E-state index contributed by atoms with van der Waals surface area (Å²) in [5.41, 5.74) is 0. The Hall–Kier alpha value is -1.44. The minimum Gasteiger partial charge on any atom is -0.391 e. The first-order valence-corrected chi connectivity index (χ1v) is 7.93. The van der Waals surface area contributed by atoms with Crippen molar-refractivity contribution in [3.63, 3.8) is 0 Å². The molecular weight excluding hydrogens is 280 g/mol. The standard InChI is InChI=1S/C13H20N2O4S/c1-2-6-11(16)9-14-13(17)10-15-20(18,19)12-7-4-3-5-8-12/h3-5,7-8,11,15-16H,2,6,9-10H2,1H3,(H,14,17). The number of nitrogens with one attached hydrogen (secondary N) is 2. The van der Waals surface area contributed by atoms with Crippen LogP contribution < -0.4 is 10.0 Å². The highest BCUT2D eigenvalue weighted by atomic mass is 32.2. The van der Waals surface area contributed by atoms with E-state index in [0.29, 0.717) is 6.42 Å². The molecular formula is C13H20N2O4S. The van der Waals surface area contributed by atoms with Crippen LogP contribution in [0, 0.1) is 0 Å². The van der Waals surface area contributed by atoms with Crippen LogP contribution in [-0.2, 0) is 14.8 Å². The van der Waals surface area contributed by atoms with E-state index in [2.05, 4.69) is 10.0 Å². The molecule has 1 unspecified atom stereocenters. The Labute approximate surface area is 119 Å². The van der Waals surface area contributed by atoms with Crippen LogP contribution in [0.25, 0.3) is 0 Å². The predicted octanol–water partition coefficient (Wildman–Crippen LogP) is 0.242. The van der Waals surface area contributed by atoms with Gasteiger partial charge in [0.1, 0.15) is 0 Å². The maximum atomic E-state index is 11.8. The first kappa shape index (κ1) is 16.6. The van der Waals surface area contributed by atoms with E-state index in [-0.39, 0.29) is 18.0 Å². The predicted molar refractivity (Wildman–Crippen MR) is 75.6 cm³/mol. The average molecular weight is 300 g/mol. The molecule has 1 amide bonds. The van der Waals surface area contributed by atoms with E-state index in [1.807, 2.05) is 6.92 Å². The number of carbonyl (C=O) groups is 1. The van der Waals surface area contributed by atoms with Gasteiger partial charge in [0, 0.05) is 6.54 Å². The Morgan fingerprint density at radius 3 is 2.55 bits per heavy atom. The molecule has 0 fully saturated rings. The van der Waals surface area contributed by atoms with Gasteiger partial charge >= 0.3 is 0 Å². The molecule has 3 N–H and O–H groups in total. The number of amides is 1. The van der Waals surface area contributed by atoms with Crippen LogP contribution in [0.3, 0.4) is 0 Å². The third-order valence-electron chi connectivity index (χ3n) is 2.63. The molecule has 0 saturated carbocycles. The minimum absolute atomic E-state index is 0.110. The summed E-state index contributed by atoms with van der Waals surface area (Å²) in [5.74, 6) is -0.473. The molecule has 1 atom stereocenters. The van der Waals surface area contributed by atoms with E-state index in [1.165, 1.54) is 12.1 Å². The summed E-state index contributed by atoms with van der Waals surface area (Å²) >= 11 is 0. The van der Waals surface area contributed by atoms with Gasteiger partial charge in [0.05, 0.1) is 17.5 Å². The van der Waals surface area contributed by atoms with Crippen molar-refractivity contribution in [1.29, 1.82) is 0 Å². The first-order chi connectivity index (χ1) is 9.45. The monoisotopic (exact) mass is 300 g/mol. The SMILES string of the molecule is CCCC(O)CNC(=O)CNS(=O)(=O)c1ccccc1. The molecule has 0 aliphatic carbocycles. The lowest BCUT2D eigenvalue weighted by Gasteiger charge is -2.11. The maximum Gasteiger partial charge on any atom is 0.241 e. The number of hydrogen-bond donors (Lipinski definition) is 3. The van der Waals surface area contributed by atoms with Crippen molar-refractivity contribution < 1.29 is 18.3 Å². The van der Waals surface area contributed by atoms with Crippen LogP contribution in [0.4, 0.5) is 0 Å². The van der Waals surface area contributed by atoms with Crippen LogP contribution in [0.1, 0.15) is 19.8 Å². The smallest absolute Gasteiger partial charge is 0.241 e. The van der Waals surface area contributed by atoms with Crippen molar-refractivity contribution in [3.8, 4) is 0 Å². The number of aliphatic hydroxyl groups excluding tert-OH is 1. The minimum atomic E-state index is -3.68. The van der Waals surface area contributed by atoms with E-state index < -0.39 is 22.0 Å². The topological polar surface area (TPSA) is 95.5 Å². The van der Waals surface area contributed by atoms with E-state index in [1.54, 1.807) is 18.2 Å². The molecule has 0 bridgehead atoms. The Kier molecular flexibility index (Phi) is 6.63. The van der Waals surface area contributed by atoms with Gasteiger partial charge in [0.25, 0.3) is 0 Å². The van der Waals surface area contributed by atoms with Gasteiger partial charge in [-0.05, 0) is 18.6 Å². The number of aliphatic hydroxyl groups is 1. The summed E-state index contributed by atoms with van der Waals surface area (Å²) < 4.78 is 25.9. The molecule has 112 valence electrons. The van der Waals surface area contributed by atoms with Gasteiger partial charge in [-0.1, -0.05) is 31.5 Å². The summed E-state index contributed by atoms with van der Waals surface area (Å²) in [5, 5.41) is 11.9. The van der Waals surface area contributed by atoms with Gasteiger partial charge in [-0.3, -0.25) is 4.79 Å². The van der Waals surface area contributed by atoms with Crippen molar-refractivity contribution >= 4 is 15.9 Å². The van der Waals surface area contributed by atoms with Crippen molar-refractivity contribution in [3.05, 3.63) is 30.3 Å². The molecule has 6 nitrogen and oxygen atoms in total. The van der Waals surface area contributed by atoms with E-state index >= 15 is 0 Å². The highest BCUT2D eigenvalue weighted by Crippen LogP contribution is 2.06. The normalized spacial score (nSPS) is 12.9. The second kappa shape index (κ2) is 7.98. The van der Waals surface area contributed by atoms with E-state index in [4.69, 9.17) is 0 Å². The van der Waals surface area contributed by atoms with Crippen molar-refractivity contribution in [1.82, 2.24) is 10.0 Å². The third-order valence-corrected chi connectivity index (χ3v) is 4.05.